The fourth-order valence-corrected chi connectivity index (χ4v) is 2.28. The molecular formula is C16H13F2NO2S. The average molecular weight is 321 g/mol. The number of thioether (sulfide) groups is 1. The van der Waals surface area contributed by atoms with Gasteiger partial charge in [-0.2, -0.15) is 14.0 Å². The van der Waals surface area contributed by atoms with Crippen LogP contribution in [0.15, 0.2) is 47.4 Å². The summed E-state index contributed by atoms with van der Waals surface area (Å²) in [5.41, 5.74) is 1.34. The molecular weight excluding hydrogens is 308 g/mol. The highest BCUT2D eigenvalue weighted by molar-refractivity contribution is 7.99. The molecule has 0 saturated heterocycles. The third-order valence-electron chi connectivity index (χ3n) is 2.84. The number of alkyl halides is 2. The third-order valence-corrected chi connectivity index (χ3v) is 3.56. The molecule has 0 N–H and O–H groups in total. The maximum Gasteiger partial charge on any atom is 0.288 e. The number of hydrogen-bond acceptors (Lipinski definition) is 4. The van der Waals surface area contributed by atoms with Gasteiger partial charge in [0, 0.05) is 11.0 Å². The monoisotopic (exact) mass is 321 g/mol. The van der Waals surface area contributed by atoms with Crippen LogP contribution < -0.4 is 9.47 Å². The maximum absolute atomic E-state index is 12.2. The summed E-state index contributed by atoms with van der Waals surface area (Å²) in [6, 6.07) is 13.7. The lowest BCUT2D eigenvalue weighted by Crippen LogP contribution is -1.98. The van der Waals surface area contributed by atoms with Crippen LogP contribution in [0.4, 0.5) is 8.78 Å². The van der Waals surface area contributed by atoms with Crippen molar-refractivity contribution in [3.63, 3.8) is 0 Å². The summed E-state index contributed by atoms with van der Waals surface area (Å²) in [6.07, 6.45) is 0. The number of ether oxygens (including phenoxy) is 2. The SMILES string of the molecule is COc1cc(C#N)ccc1OCc1ccc(SC(F)F)cc1. The zero-order chi connectivity index (χ0) is 15.9. The number of benzene rings is 2. The van der Waals surface area contributed by atoms with Gasteiger partial charge in [0.2, 0.25) is 0 Å². The molecule has 0 fully saturated rings. The van der Waals surface area contributed by atoms with Gasteiger partial charge in [0.05, 0.1) is 18.7 Å². The van der Waals surface area contributed by atoms with Crippen LogP contribution in [0.2, 0.25) is 0 Å². The second-order valence-electron chi connectivity index (χ2n) is 4.29. The van der Waals surface area contributed by atoms with Crippen molar-refractivity contribution >= 4 is 11.8 Å². The molecule has 0 aromatic heterocycles. The van der Waals surface area contributed by atoms with Crippen molar-refractivity contribution in [1.82, 2.24) is 0 Å². The lowest BCUT2D eigenvalue weighted by Gasteiger charge is -2.11. The van der Waals surface area contributed by atoms with Crippen LogP contribution in [-0.4, -0.2) is 12.9 Å². The van der Waals surface area contributed by atoms with Gasteiger partial charge in [0.1, 0.15) is 6.61 Å². The zero-order valence-electron chi connectivity index (χ0n) is 11.8. The predicted molar refractivity (Wildman–Crippen MR) is 80.3 cm³/mol. The molecule has 2 rings (SSSR count). The summed E-state index contributed by atoms with van der Waals surface area (Å²) >= 11 is 0.507. The fraction of sp³-hybridized carbons (Fsp3) is 0.188. The Balaban J connectivity index is 2.02. The summed E-state index contributed by atoms with van der Waals surface area (Å²) < 4.78 is 35.3. The molecule has 0 amide bonds. The topological polar surface area (TPSA) is 42.2 Å². The van der Waals surface area contributed by atoms with Crippen LogP contribution in [0.25, 0.3) is 0 Å². The molecule has 0 bridgehead atoms. The second-order valence-corrected chi connectivity index (χ2v) is 5.35. The van der Waals surface area contributed by atoms with Gasteiger partial charge in [0.15, 0.2) is 11.5 Å². The van der Waals surface area contributed by atoms with Crippen molar-refractivity contribution in [2.75, 3.05) is 7.11 Å². The molecule has 0 saturated carbocycles. The van der Waals surface area contributed by atoms with E-state index in [2.05, 4.69) is 0 Å². The zero-order valence-corrected chi connectivity index (χ0v) is 12.6. The van der Waals surface area contributed by atoms with Crippen LogP contribution in [0, 0.1) is 11.3 Å². The average Bonchev–Trinajstić information content (AvgIpc) is 2.53. The Kier molecular flexibility index (Phi) is 5.61. The molecule has 2 aromatic carbocycles. The Bertz CT molecular complexity index is 669. The lowest BCUT2D eigenvalue weighted by atomic mass is 10.2. The largest absolute Gasteiger partial charge is 0.493 e. The summed E-state index contributed by atoms with van der Waals surface area (Å²) in [5.74, 6) is -1.43. The second kappa shape index (κ2) is 7.66. The Morgan fingerprint density at radius 2 is 1.86 bits per heavy atom. The minimum absolute atomic E-state index is 0.280. The number of hydrogen-bond donors (Lipinski definition) is 0. The number of halogens is 2. The van der Waals surface area contributed by atoms with E-state index in [4.69, 9.17) is 14.7 Å². The van der Waals surface area contributed by atoms with E-state index in [1.165, 1.54) is 7.11 Å². The number of rotatable bonds is 6. The van der Waals surface area contributed by atoms with Crippen molar-refractivity contribution < 1.29 is 18.3 Å². The van der Waals surface area contributed by atoms with Crippen molar-refractivity contribution in [2.24, 2.45) is 0 Å². The summed E-state index contributed by atoms with van der Waals surface area (Å²) in [5, 5.41) is 8.84. The first-order valence-corrected chi connectivity index (χ1v) is 7.25. The highest BCUT2D eigenvalue weighted by Gasteiger charge is 2.07. The van der Waals surface area contributed by atoms with Crippen LogP contribution >= 0.6 is 11.8 Å². The van der Waals surface area contributed by atoms with E-state index < -0.39 is 5.76 Å². The van der Waals surface area contributed by atoms with Gasteiger partial charge >= 0.3 is 0 Å². The molecule has 0 spiro atoms. The van der Waals surface area contributed by atoms with Gasteiger partial charge in [-0.3, -0.25) is 0 Å². The van der Waals surface area contributed by atoms with E-state index in [-0.39, 0.29) is 6.61 Å². The smallest absolute Gasteiger partial charge is 0.288 e. The van der Waals surface area contributed by atoms with E-state index in [1.54, 1.807) is 42.5 Å². The molecule has 2 aromatic rings. The molecule has 6 heteroatoms. The van der Waals surface area contributed by atoms with E-state index in [1.807, 2.05) is 6.07 Å². The van der Waals surface area contributed by atoms with E-state index in [0.717, 1.165) is 5.56 Å². The predicted octanol–water partition coefficient (Wildman–Crippen LogP) is 4.46. The van der Waals surface area contributed by atoms with E-state index in [9.17, 15) is 8.78 Å². The summed E-state index contributed by atoms with van der Waals surface area (Å²) in [6.45, 7) is 0.280. The quantitative estimate of drug-likeness (QED) is 0.737. The number of nitriles is 1. The Hall–Kier alpha value is -2.26. The molecule has 0 heterocycles. The van der Waals surface area contributed by atoms with Crippen molar-refractivity contribution in [2.45, 2.75) is 17.3 Å². The minimum Gasteiger partial charge on any atom is -0.493 e. The normalized spacial score (nSPS) is 10.3. The molecule has 0 atom stereocenters. The molecule has 22 heavy (non-hydrogen) atoms. The molecule has 3 nitrogen and oxygen atoms in total. The standard InChI is InChI=1S/C16H13F2NO2S/c1-20-15-8-12(9-19)4-7-14(15)21-10-11-2-5-13(6-3-11)22-16(17)18/h2-8,16H,10H2,1H3. The minimum atomic E-state index is -2.43. The maximum atomic E-state index is 12.2. The number of methoxy groups -OCH3 is 1. The highest BCUT2D eigenvalue weighted by atomic mass is 32.2. The van der Waals surface area contributed by atoms with E-state index >= 15 is 0 Å². The van der Waals surface area contributed by atoms with Gasteiger partial charge in [-0.1, -0.05) is 23.9 Å². The van der Waals surface area contributed by atoms with Gasteiger partial charge in [-0.15, -0.1) is 0 Å². The van der Waals surface area contributed by atoms with Gasteiger partial charge < -0.3 is 9.47 Å². The van der Waals surface area contributed by atoms with Crippen LogP contribution in [-0.2, 0) is 6.61 Å². The molecule has 0 aliphatic carbocycles. The highest BCUT2D eigenvalue weighted by Crippen LogP contribution is 2.29. The first kappa shape index (κ1) is 16.1. The fourth-order valence-electron chi connectivity index (χ4n) is 1.78. The molecule has 0 radical (unpaired) electrons. The third kappa shape index (κ3) is 4.37. The lowest BCUT2D eigenvalue weighted by molar-refractivity contribution is 0.252. The van der Waals surface area contributed by atoms with Crippen molar-refractivity contribution in [3.05, 3.63) is 53.6 Å². The van der Waals surface area contributed by atoms with Crippen LogP contribution in [0.1, 0.15) is 11.1 Å². The van der Waals surface area contributed by atoms with Crippen molar-refractivity contribution in [3.8, 4) is 17.6 Å². The molecule has 0 aliphatic heterocycles. The Morgan fingerprint density at radius 1 is 1.14 bits per heavy atom. The van der Waals surface area contributed by atoms with Gasteiger partial charge in [0.25, 0.3) is 5.76 Å². The first-order chi connectivity index (χ1) is 10.6. The Morgan fingerprint density at radius 3 is 2.45 bits per heavy atom. The number of nitrogens with zero attached hydrogens (tertiary/aromatic N) is 1. The van der Waals surface area contributed by atoms with E-state index in [0.29, 0.717) is 33.7 Å². The molecule has 114 valence electrons. The summed E-state index contributed by atoms with van der Waals surface area (Å²) in [7, 11) is 1.50. The van der Waals surface area contributed by atoms with Crippen LogP contribution in [0.3, 0.4) is 0 Å². The Labute approximate surface area is 131 Å². The molecule has 0 unspecified atom stereocenters. The first-order valence-electron chi connectivity index (χ1n) is 6.37. The molecule has 0 aliphatic rings. The van der Waals surface area contributed by atoms with Crippen LogP contribution in [0.5, 0.6) is 11.5 Å². The van der Waals surface area contributed by atoms with Crippen molar-refractivity contribution in [1.29, 1.82) is 5.26 Å². The summed E-state index contributed by atoms with van der Waals surface area (Å²) in [4.78, 5) is 0.509. The van der Waals surface area contributed by atoms with Gasteiger partial charge in [-0.25, -0.2) is 0 Å². The van der Waals surface area contributed by atoms with Gasteiger partial charge in [-0.05, 0) is 29.8 Å².